The molecule has 1 aliphatic rings. The van der Waals surface area contributed by atoms with Gasteiger partial charge in [0.05, 0.1) is 12.7 Å². The number of azo groups is 1. The topological polar surface area (TPSA) is 28.0 Å². The molecule has 25 heavy (non-hydrogen) atoms. The van der Waals surface area contributed by atoms with Crippen molar-refractivity contribution in [3.8, 4) is 0 Å². The first-order valence-corrected chi connectivity index (χ1v) is 8.60. The first kappa shape index (κ1) is 19.5. The molecule has 0 aromatic heterocycles. The molecule has 5 heteroatoms. The largest absolute Gasteiger partial charge is 0.343 e. The quantitative estimate of drug-likeness (QED) is 0.570. The predicted octanol–water partition coefficient (Wildman–Crippen LogP) is 6.37. The van der Waals surface area contributed by atoms with Gasteiger partial charge in [0.15, 0.2) is 0 Å². The molecule has 0 unspecified atom stereocenters. The average molecular weight is 376 g/mol. The zero-order valence-electron chi connectivity index (χ0n) is 14.7. The van der Waals surface area contributed by atoms with E-state index in [0.717, 1.165) is 17.1 Å². The van der Waals surface area contributed by atoms with Crippen LogP contribution in [0.15, 0.2) is 70.7 Å². The Kier molecular flexibility index (Phi) is 6.26. The molecule has 0 fully saturated rings. The van der Waals surface area contributed by atoms with Gasteiger partial charge in [-0.05, 0) is 36.2 Å². The molecule has 0 bridgehead atoms. The van der Waals surface area contributed by atoms with Gasteiger partial charge < -0.3 is 4.90 Å². The predicted molar refractivity (Wildman–Crippen MR) is 108 cm³/mol. The third-order valence-electron chi connectivity index (χ3n) is 4.54. The fraction of sp³-hybridized carbons (Fsp3) is 0.300. The maximum absolute atomic E-state index is 5.90. The summed E-state index contributed by atoms with van der Waals surface area (Å²) in [5.74, 6) is 0. The van der Waals surface area contributed by atoms with E-state index in [1.807, 2.05) is 30.5 Å². The van der Waals surface area contributed by atoms with Crippen molar-refractivity contribution in [1.29, 1.82) is 0 Å². The van der Waals surface area contributed by atoms with Crippen molar-refractivity contribution in [2.45, 2.75) is 32.7 Å². The van der Waals surface area contributed by atoms with Crippen molar-refractivity contribution in [2.75, 3.05) is 11.4 Å². The van der Waals surface area contributed by atoms with Crippen molar-refractivity contribution < 1.29 is 0 Å². The monoisotopic (exact) mass is 375 g/mol. The molecule has 0 atom stereocenters. The van der Waals surface area contributed by atoms with Gasteiger partial charge in [-0.1, -0.05) is 55.8 Å². The molecule has 0 N–H and O–H groups in total. The minimum atomic E-state index is -0.0636. The van der Waals surface area contributed by atoms with E-state index < -0.39 is 0 Å². The van der Waals surface area contributed by atoms with Gasteiger partial charge in [-0.2, -0.15) is 10.2 Å². The van der Waals surface area contributed by atoms with Crippen LogP contribution < -0.4 is 4.90 Å². The molecule has 3 nitrogen and oxygen atoms in total. The third-order valence-corrected chi connectivity index (χ3v) is 4.80. The summed E-state index contributed by atoms with van der Waals surface area (Å²) < 4.78 is 0. The summed E-state index contributed by atoms with van der Waals surface area (Å²) in [6.45, 7) is 8.11. The summed E-state index contributed by atoms with van der Waals surface area (Å²) >= 11 is 5.90. The summed E-state index contributed by atoms with van der Waals surface area (Å²) in [4.78, 5) is 2.32. The molecule has 0 saturated heterocycles. The Bertz CT molecular complexity index is 780. The molecule has 2 aromatic rings. The van der Waals surface area contributed by atoms with Gasteiger partial charge >= 0.3 is 0 Å². The van der Waals surface area contributed by atoms with Crippen molar-refractivity contribution >= 4 is 29.7 Å². The molecule has 132 valence electrons. The summed E-state index contributed by atoms with van der Waals surface area (Å²) in [5.41, 5.74) is 4.83. The van der Waals surface area contributed by atoms with Gasteiger partial charge in [0.2, 0.25) is 0 Å². The minimum absolute atomic E-state index is 0. The first-order valence-electron chi connectivity index (χ1n) is 8.22. The fourth-order valence-electron chi connectivity index (χ4n) is 3.22. The Morgan fingerprint density at radius 2 is 1.76 bits per heavy atom. The summed E-state index contributed by atoms with van der Waals surface area (Å²) in [5, 5.41) is 9.38. The number of benzene rings is 2. The lowest BCUT2D eigenvalue weighted by Gasteiger charge is -2.25. The van der Waals surface area contributed by atoms with E-state index in [4.69, 9.17) is 11.6 Å². The number of rotatable bonds is 4. The van der Waals surface area contributed by atoms with E-state index in [1.54, 1.807) is 0 Å². The minimum Gasteiger partial charge on any atom is -0.343 e. The van der Waals surface area contributed by atoms with Gasteiger partial charge in [-0.3, -0.25) is 0 Å². The lowest BCUT2D eigenvalue weighted by molar-refractivity contribution is 0.630. The van der Waals surface area contributed by atoms with E-state index in [-0.39, 0.29) is 17.8 Å². The van der Waals surface area contributed by atoms with Crippen LogP contribution in [-0.4, -0.2) is 6.54 Å². The lowest BCUT2D eigenvalue weighted by atomic mass is 9.84. The van der Waals surface area contributed by atoms with Crippen LogP contribution in [0.2, 0.25) is 5.02 Å². The number of likely N-dealkylation sites (N-methyl/N-ethyl adjacent to an activating group) is 1. The fourth-order valence-corrected chi connectivity index (χ4v) is 3.35. The van der Waals surface area contributed by atoms with Crippen molar-refractivity contribution in [3.63, 3.8) is 0 Å². The summed E-state index contributed by atoms with van der Waals surface area (Å²) in [7, 11) is 0. The normalized spacial score (nSPS) is 17.0. The highest BCUT2D eigenvalue weighted by Crippen LogP contribution is 2.47. The number of nitrogens with zero attached hydrogens (tertiary/aromatic N) is 3. The summed E-state index contributed by atoms with van der Waals surface area (Å²) in [6.07, 6.45) is 1.90. The van der Waals surface area contributed by atoms with Gasteiger partial charge in [0.1, 0.15) is 0 Å². The number of hydrogen-bond donors (Lipinski definition) is 0. The second-order valence-electron chi connectivity index (χ2n) is 6.44. The van der Waals surface area contributed by atoms with Gasteiger partial charge in [0.25, 0.3) is 0 Å². The Morgan fingerprint density at radius 3 is 2.44 bits per heavy atom. The second kappa shape index (κ2) is 8.03. The second-order valence-corrected chi connectivity index (χ2v) is 6.88. The number of halogens is 2. The molecule has 1 aliphatic heterocycles. The van der Waals surface area contributed by atoms with Crippen LogP contribution in [0.1, 0.15) is 31.9 Å². The Morgan fingerprint density at radius 1 is 1.08 bits per heavy atom. The van der Waals surface area contributed by atoms with Gasteiger partial charge in [-0.25, -0.2) is 0 Å². The van der Waals surface area contributed by atoms with Crippen LogP contribution >= 0.6 is 24.0 Å². The van der Waals surface area contributed by atoms with Crippen LogP contribution in [0.25, 0.3) is 0 Å². The zero-order chi connectivity index (χ0) is 17.2. The van der Waals surface area contributed by atoms with E-state index in [0.29, 0.717) is 6.54 Å². The van der Waals surface area contributed by atoms with Gasteiger partial charge in [-0.15, -0.1) is 12.4 Å². The molecule has 2 aromatic carbocycles. The molecule has 0 spiro atoms. The molecule has 1 heterocycles. The molecular formula is C20H23Cl2N3. The number of anilines is 1. The van der Waals surface area contributed by atoms with Crippen LogP contribution in [-0.2, 0) is 12.0 Å². The third kappa shape index (κ3) is 3.88. The molecule has 3 rings (SSSR count). The van der Waals surface area contributed by atoms with Crippen molar-refractivity contribution in [3.05, 3.63) is 76.6 Å². The molecular weight excluding hydrogens is 353 g/mol. The van der Waals surface area contributed by atoms with Crippen LogP contribution in [0.4, 0.5) is 5.69 Å². The highest BCUT2D eigenvalue weighted by Gasteiger charge is 2.39. The lowest BCUT2D eigenvalue weighted by Crippen LogP contribution is -2.25. The van der Waals surface area contributed by atoms with Crippen LogP contribution in [0.3, 0.4) is 0 Å². The molecule has 0 aliphatic carbocycles. The van der Waals surface area contributed by atoms with Crippen molar-refractivity contribution in [1.82, 2.24) is 0 Å². The average Bonchev–Trinajstić information content (AvgIpc) is 2.80. The highest BCUT2D eigenvalue weighted by molar-refractivity contribution is 6.30. The van der Waals surface area contributed by atoms with E-state index >= 15 is 0 Å². The van der Waals surface area contributed by atoms with Gasteiger partial charge in [0, 0.05) is 28.4 Å². The Hall–Kier alpha value is -1.84. The maximum Gasteiger partial charge on any atom is 0.0853 e. The number of fused-ring (bicyclic) bond motifs is 1. The zero-order valence-corrected chi connectivity index (χ0v) is 16.3. The first-order chi connectivity index (χ1) is 11.5. The van der Waals surface area contributed by atoms with E-state index in [9.17, 15) is 0 Å². The maximum atomic E-state index is 5.90. The Labute approximate surface area is 160 Å². The highest BCUT2D eigenvalue weighted by atomic mass is 35.5. The number of allylic oxidation sites excluding steroid dienone is 1. The molecule has 0 amide bonds. The smallest absolute Gasteiger partial charge is 0.0853 e. The van der Waals surface area contributed by atoms with E-state index in [1.165, 1.54) is 16.9 Å². The number of hydrogen-bond acceptors (Lipinski definition) is 3. The summed E-state index contributed by atoms with van der Waals surface area (Å²) in [6, 6.07) is 16.3. The van der Waals surface area contributed by atoms with Crippen LogP contribution in [0.5, 0.6) is 0 Å². The Balaban J connectivity index is 0.00000225. The standard InChI is InChI=1S/C20H22ClN3.ClH/c1-4-24-18-8-6-5-7-17(18)20(2,3)19(24)14-23-22-13-15-9-11-16(21)12-10-15;/h5-12,14H,4,13H2,1-3H3;1H. The SMILES string of the molecule is CCN1C(=CN=NCc2ccc(Cl)cc2)C(C)(C)c2ccccc21.Cl. The molecule has 0 saturated carbocycles. The number of para-hydroxylation sites is 1. The van der Waals surface area contributed by atoms with Crippen molar-refractivity contribution in [2.24, 2.45) is 10.2 Å². The van der Waals surface area contributed by atoms with Crippen LogP contribution in [0, 0.1) is 0 Å². The molecule has 0 radical (unpaired) electrons. The van der Waals surface area contributed by atoms with E-state index in [2.05, 4.69) is 60.2 Å².